The second-order valence-electron chi connectivity index (χ2n) is 3.02. The Morgan fingerprint density at radius 2 is 1.70 bits per heavy atom. The first-order chi connectivity index (χ1) is 4.72. The molecule has 0 saturated heterocycles. The van der Waals surface area contributed by atoms with Gasteiger partial charge in [0.2, 0.25) is 0 Å². The Balaban J connectivity index is 3.31. The van der Waals surface area contributed by atoms with E-state index >= 15 is 0 Å². The molecule has 0 aliphatic carbocycles. The Morgan fingerprint density at radius 3 is 2.10 bits per heavy atom. The van der Waals surface area contributed by atoms with E-state index in [1.807, 2.05) is 0 Å². The highest BCUT2D eigenvalue weighted by Gasteiger charge is 2.08. The zero-order chi connectivity index (χ0) is 7.98. The van der Waals surface area contributed by atoms with E-state index in [9.17, 15) is 0 Å². The average Bonchev–Trinajstić information content (AvgIpc) is 1.98. The summed E-state index contributed by atoms with van der Waals surface area (Å²) in [5.74, 6) is 4.40. The number of rotatable bonds is 5. The summed E-state index contributed by atoms with van der Waals surface area (Å²) in [5.41, 5.74) is 0. The highest BCUT2D eigenvalue weighted by molar-refractivity contribution is 7.99. The fourth-order valence-electron chi connectivity index (χ4n) is 0.870. The van der Waals surface area contributed by atoms with E-state index in [2.05, 4.69) is 39.5 Å². The summed E-state index contributed by atoms with van der Waals surface area (Å²) in [7, 11) is 0. The molecule has 0 aliphatic rings. The molecular formula is C9H20S. The van der Waals surface area contributed by atoms with Crippen molar-refractivity contribution in [2.24, 2.45) is 11.8 Å². The van der Waals surface area contributed by atoms with Crippen molar-refractivity contribution in [3.8, 4) is 0 Å². The molecule has 0 amide bonds. The summed E-state index contributed by atoms with van der Waals surface area (Å²) in [6, 6.07) is 0. The van der Waals surface area contributed by atoms with Crippen LogP contribution in [-0.4, -0.2) is 11.5 Å². The van der Waals surface area contributed by atoms with E-state index in [4.69, 9.17) is 0 Å². The summed E-state index contributed by atoms with van der Waals surface area (Å²) in [6.45, 7) is 9.21. The van der Waals surface area contributed by atoms with Gasteiger partial charge in [0.05, 0.1) is 0 Å². The second-order valence-corrected chi connectivity index (χ2v) is 4.34. The first-order valence-electron chi connectivity index (χ1n) is 4.30. The Kier molecular flexibility index (Phi) is 6.30. The van der Waals surface area contributed by atoms with Crippen molar-refractivity contribution in [3.63, 3.8) is 0 Å². The van der Waals surface area contributed by atoms with Gasteiger partial charge in [0.1, 0.15) is 0 Å². The fourth-order valence-corrected chi connectivity index (χ4v) is 1.81. The van der Waals surface area contributed by atoms with Gasteiger partial charge in [0.15, 0.2) is 0 Å². The fraction of sp³-hybridized carbons (Fsp3) is 1.00. The lowest BCUT2D eigenvalue weighted by molar-refractivity contribution is 0.414. The monoisotopic (exact) mass is 160 g/mol. The summed E-state index contributed by atoms with van der Waals surface area (Å²) in [4.78, 5) is 0. The van der Waals surface area contributed by atoms with Crippen molar-refractivity contribution in [1.82, 2.24) is 0 Å². The lowest BCUT2D eigenvalue weighted by Gasteiger charge is -2.16. The van der Waals surface area contributed by atoms with Gasteiger partial charge in [-0.25, -0.2) is 0 Å². The number of thioether (sulfide) groups is 1. The van der Waals surface area contributed by atoms with Gasteiger partial charge < -0.3 is 0 Å². The minimum atomic E-state index is 0.898. The Hall–Kier alpha value is 0.350. The maximum atomic E-state index is 2.36. The predicted molar refractivity (Wildman–Crippen MR) is 51.6 cm³/mol. The molecule has 0 bridgehead atoms. The van der Waals surface area contributed by atoms with Gasteiger partial charge >= 0.3 is 0 Å². The smallest absolute Gasteiger partial charge is 0.00393 e. The van der Waals surface area contributed by atoms with Crippen LogP contribution in [0.3, 0.4) is 0 Å². The largest absolute Gasteiger partial charge is 0.162 e. The Labute approximate surface area is 69.8 Å². The zero-order valence-electron chi connectivity index (χ0n) is 7.68. The average molecular weight is 160 g/mol. The van der Waals surface area contributed by atoms with Crippen molar-refractivity contribution in [2.45, 2.75) is 34.1 Å². The molecule has 0 aromatic heterocycles. The standard InChI is InChI=1S/C9H20S/c1-5-8(3)9(4)7-10-6-2/h8-9H,5-7H2,1-4H3. The molecule has 1 heteroatoms. The van der Waals surface area contributed by atoms with E-state index in [0.717, 1.165) is 11.8 Å². The Morgan fingerprint density at radius 1 is 1.10 bits per heavy atom. The van der Waals surface area contributed by atoms with Crippen LogP contribution in [0.2, 0.25) is 0 Å². The van der Waals surface area contributed by atoms with E-state index in [-0.39, 0.29) is 0 Å². The van der Waals surface area contributed by atoms with Crippen LogP contribution >= 0.6 is 11.8 Å². The van der Waals surface area contributed by atoms with E-state index in [1.54, 1.807) is 0 Å². The molecule has 0 radical (unpaired) electrons. The van der Waals surface area contributed by atoms with Crippen molar-refractivity contribution in [1.29, 1.82) is 0 Å². The third-order valence-electron chi connectivity index (χ3n) is 2.20. The molecule has 0 fully saturated rings. The first-order valence-corrected chi connectivity index (χ1v) is 5.45. The Bertz CT molecular complexity index is 71.1. The second kappa shape index (κ2) is 6.09. The van der Waals surface area contributed by atoms with Gasteiger partial charge in [-0.3, -0.25) is 0 Å². The molecule has 10 heavy (non-hydrogen) atoms. The SMILES string of the molecule is CCSCC(C)C(C)CC. The number of hydrogen-bond acceptors (Lipinski definition) is 1. The summed E-state index contributed by atoms with van der Waals surface area (Å²) >= 11 is 2.06. The van der Waals surface area contributed by atoms with Crippen LogP contribution in [0.1, 0.15) is 34.1 Å². The van der Waals surface area contributed by atoms with Crippen LogP contribution in [-0.2, 0) is 0 Å². The van der Waals surface area contributed by atoms with E-state index < -0.39 is 0 Å². The first kappa shape index (κ1) is 10.3. The number of hydrogen-bond donors (Lipinski definition) is 0. The summed E-state index contributed by atoms with van der Waals surface area (Å²) in [5, 5.41) is 0. The van der Waals surface area contributed by atoms with Gasteiger partial charge in [-0.1, -0.05) is 34.1 Å². The van der Waals surface area contributed by atoms with Crippen LogP contribution in [0.4, 0.5) is 0 Å². The third kappa shape index (κ3) is 4.21. The highest BCUT2D eigenvalue weighted by Crippen LogP contribution is 2.18. The van der Waals surface area contributed by atoms with Gasteiger partial charge in [-0.2, -0.15) is 11.8 Å². The molecule has 2 atom stereocenters. The molecule has 0 heterocycles. The molecular weight excluding hydrogens is 140 g/mol. The lowest BCUT2D eigenvalue weighted by atomic mass is 9.96. The van der Waals surface area contributed by atoms with Gasteiger partial charge in [-0.15, -0.1) is 0 Å². The summed E-state index contributed by atoms with van der Waals surface area (Å²) < 4.78 is 0. The normalized spacial score (nSPS) is 16.8. The van der Waals surface area contributed by atoms with Crippen LogP contribution in [0.15, 0.2) is 0 Å². The zero-order valence-corrected chi connectivity index (χ0v) is 8.50. The minimum Gasteiger partial charge on any atom is -0.162 e. The van der Waals surface area contributed by atoms with Crippen molar-refractivity contribution >= 4 is 11.8 Å². The molecule has 0 aromatic carbocycles. The van der Waals surface area contributed by atoms with Gasteiger partial charge in [0.25, 0.3) is 0 Å². The maximum Gasteiger partial charge on any atom is -0.00393 e. The quantitative estimate of drug-likeness (QED) is 0.594. The van der Waals surface area contributed by atoms with Crippen LogP contribution < -0.4 is 0 Å². The third-order valence-corrected chi connectivity index (χ3v) is 3.37. The van der Waals surface area contributed by atoms with E-state index in [1.165, 1.54) is 17.9 Å². The summed E-state index contributed by atoms with van der Waals surface area (Å²) in [6.07, 6.45) is 1.32. The molecule has 0 spiro atoms. The van der Waals surface area contributed by atoms with Gasteiger partial charge in [0, 0.05) is 0 Å². The van der Waals surface area contributed by atoms with Gasteiger partial charge in [-0.05, 0) is 23.3 Å². The molecule has 0 aliphatic heterocycles. The highest BCUT2D eigenvalue weighted by atomic mass is 32.2. The van der Waals surface area contributed by atoms with E-state index in [0.29, 0.717) is 0 Å². The van der Waals surface area contributed by atoms with Crippen molar-refractivity contribution < 1.29 is 0 Å². The minimum absolute atomic E-state index is 0.898. The molecule has 0 aromatic rings. The predicted octanol–water partition coefficient (Wildman–Crippen LogP) is 3.42. The van der Waals surface area contributed by atoms with Crippen molar-refractivity contribution in [3.05, 3.63) is 0 Å². The lowest BCUT2D eigenvalue weighted by Crippen LogP contribution is -2.09. The molecule has 2 unspecified atom stereocenters. The van der Waals surface area contributed by atoms with Crippen LogP contribution in [0, 0.1) is 11.8 Å². The molecule has 62 valence electrons. The topological polar surface area (TPSA) is 0 Å². The van der Waals surface area contributed by atoms with Crippen LogP contribution in [0.5, 0.6) is 0 Å². The maximum absolute atomic E-state index is 2.36. The van der Waals surface area contributed by atoms with Crippen LogP contribution in [0.25, 0.3) is 0 Å². The molecule has 0 rings (SSSR count). The molecule has 0 saturated carbocycles. The molecule has 0 nitrogen and oxygen atoms in total. The van der Waals surface area contributed by atoms with Crippen molar-refractivity contribution in [2.75, 3.05) is 11.5 Å². The molecule has 0 N–H and O–H groups in total.